The minimum Gasteiger partial charge on any atom is -0.496 e. The number of methoxy groups -OCH3 is 1. The lowest BCUT2D eigenvalue weighted by Crippen LogP contribution is -2.28. The summed E-state index contributed by atoms with van der Waals surface area (Å²) in [5, 5.41) is 7.22. The first kappa shape index (κ1) is 22.4. The minimum atomic E-state index is -0.690. The minimum absolute atomic E-state index is 0.159. The van der Waals surface area contributed by atoms with Crippen molar-refractivity contribution >= 4 is 23.5 Å². The van der Waals surface area contributed by atoms with Gasteiger partial charge in [-0.2, -0.15) is 5.10 Å². The summed E-state index contributed by atoms with van der Waals surface area (Å²) in [7, 11) is 1.56. The summed E-state index contributed by atoms with van der Waals surface area (Å²) >= 11 is 6.38. The molecule has 0 aliphatic carbocycles. The third-order valence-corrected chi connectivity index (χ3v) is 5.11. The molecule has 0 saturated heterocycles. The molecule has 0 unspecified atom stereocenters. The van der Waals surface area contributed by atoms with E-state index >= 15 is 0 Å². The number of benzene rings is 2. The smallest absolute Gasteiger partial charge is 0.343 e. The number of esters is 1. The summed E-state index contributed by atoms with van der Waals surface area (Å²) in [6.45, 7) is 3.94. The second kappa shape index (κ2) is 10.1. The first-order valence-corrected chi connectivity index (χ1v) is 10.1. The fourth-order valence-corrected chi connectivity index (χ4v) is 3.36. The van der Waals surface area contributed by atoms with Crippen LogP contribution in [0.5, 0.6) is 5.75 Å². The number of aryl methyl sites for hydroxylation is 2. The molecule has 2 aromatic carbocycles. The zero-order chi connectivity index (χ0) is 22.4. The van der Waals surface area contributed by atoms with Gasteiger partial charge in [0.15, 0.2) is 6.61 Å². The van der Waals surface area contributed by atoms with E-state index in [1.807, 2.05) is 49.4 Å². The van der Waals surface area contributed by atoms with Crippen LogP contribution in [0, 0.1) is 13.8 Å². The van der Waals surface area contributed by atoms with Crippen molar-refractivity contribution < 1.29 is 19.1 Å². The second-order valence-corrected chi connectivity index (χ2v) is 7.42. The largest absolute Gasteiger partial charge is 0.496 e. The van der Waals surface area contributed by atoms with Gasteiger partial charge in [-0.25, -0.2) is 9.48 Å². The lowest BCUT2D eigenvalue weighted by molar-refractivity contribution is -0.124. The van der Waals surface area contributed by atoms with E-state index in [-0.39, 0.29) is 17.3 Å². The molecule has 0 radical (unpaired) electrons. The Morgan fingerprint density at radius 1 is 1.10 bits per heavy atom. The Morgan fingerprint density at radius 2 is 1.81 bits per heavy atom. The first-order valence-electron chi connectivity index (χ1n) is 9.73. The summed E-state index contributed by atoms with van der Waals surface area (Å²) < 4.78 is 11.9. The van der Waals surface area contributed by atoms with Gasteiger partial charge >= 0.3 is 5.97 Å². The maximum absolute atomic E-state index is 12.5. The van der Waals surface area contributed by atoms with Crippen LogP contribution >= 0.6 is 11.6 Å². The number of carbonyl (C=O) groups is 2. The van der Waals surface area contributed by atoms with Crippen molar-refractivity contribution in [3.8, 4) is 5.75 Å². The van der Waals surface area contributed by atoms with Gasteiger partial charge in [-0.1, -0.05) is 59.6 Å². The van der Waals surface area contributed by atoms with Gasteiger partial charge in [-0.05, 0) is 25.5 Å². The molecular formula is C23H24ClN3O4. The third-order valence-electron chi connectivity index (χ3n) is 4.73. The Balaban J connectivity index is 1.58. The van der Waals surface area contributed by atoms with Crippen LogP contribution in [0.15, 0.2) is 48.5 Å². The molecule has 8 heteroatoms. The number of carbonyl (C=O) groups excluding carboxylic acids is 2. The number of halogens is 1. The number of hydrogen-bond acceptors (Lipinski definition) is 5. The van der Waals surface area contributed by atoms with Crippen LogP contribution < -0.4 is 10.1 Å². The highest BCUT2D eigenvalue weighted by Crippen LogP contribution is 2.22. The average Bonchev–Trinajstić information content (AvgIpc) is 3.05. The van der Waals surface area contributed by atoms with E-state index in [4.69, 9.17) is 21.1 Å². The fraction of sp³-hybridized carbons (Fsp3) is 0.261. The third kappa shape index (κ3) is 5.64. The maximum Gasteiger partial charge on any atom is 0.343 e. The number of nitrogens with zero attached hydrogens (tertiary/aromatic N) is 2. The van der Waals surface area contributed by atoms with E-state index in [0.29, 0.717) is 18.0 Å². The van der Waals surface area contributed by atoms with Crippen LogP contribution in [-0.4, -0.2) is 35.4 Å². The molecule has 7 nitrogen and oxygen atoms in total. The van der Waals surface area contributed by atoms with E-state index < -0.39 is 18.5 Å². The van der Waals surface area contributed by atoms with Crippen molar-refractivity contribution in [2.75, 3.05) is 13.7 Å². The SMILES string of the molecule is COc1ccccc1CNC(=O)COC(=O)c1c(C)nn(Cc2ccc(C)cc2)c1Cl. The van der Waals surface area contributed by atoms with Crippen LogP contribution in [0.3, 0.4) is 0 Å². The average molecular weight is 442 g/mol. The molecule has 162 valence electrons. The Bertz CT molecular complexity index is 1080. The molecular weight excluding hydrogens is 418 g/mol. The monoisotopic (exact) mass is 441 g/mol. The number of ether oxygens (including phenoxy) is 2. The molecule has 1 heterocycles. The number of nitrogens with one attached hydrogen (secondary N) is 1. The van der Waals surface area contributed by atoms with Gasteiger partial charge in [0.05, 0.1) is 19.3 Å². The van der Waals surface area contributed by atoms with E-state index in [0.717, 1.165) is 16.7 Å². The van der Waals surface area contributed by atoms with Crippen LogP contribution in [0.2, 0.25) is 5.15 Å². The Kier molecular flexibility index (Phi) is 7.31. The number of hydrogen-bond donors (Lipinski definition) is 1. The zero-order valence-electron chi connectivity index (χ0n) is 17.6. The lowest BCUT2D eigenvalue weighted by atomic mass is 10.1. The standard InChI is InChI=1S/C23H24ClN3O4/c1-15-8-10-17(11-9-15)13-27-22(24)21(16(2)26-27)23(29)31-14-20(28)25-12-18-6-4-5-7-19(18)30-3/h4-11H,12-14H2,1-3H3,(H,25,28). The van der Waals surface area contributed by atoms with Crippen molar-refractivity contribution in [3.63, 3.8) is 0 Å². The van der Waals surface area contributed by atoms with E-state index in [1.165, 1.54) is 0 Å². The van der Waals surface area contributed by atoms with Crippen LogP contribution in [0.25, 0.3) is 0 Å². The molecule has 0 bridgehead atoms. The van der Waals surface area contributed by atoms with Crippen molar-refractivity contribution in [2.45, 2.75) is 26.9 Å². The highest BCUT2D eigenvalue weighted by atomic mass is 35.5. The molecule has 0 atom stereocenters. The fourth-order valence-electron chi connectivity index (χ4n) is 3.05. The Morgan fingerprint density at radius 3 is 2.52 bits per heavy atom. The predicted octanol–water partition coefficient (Wildman–Crippen LogP) is 3.68. The van der Waals surface area contributed by atoms with Gasteiger partial charge in [0, 0.05) is 12.1 Å². The molecule has 0 spiro atoms. The normalized spacial score (nSPS) is 10.6. The maximum atomic E-state index is 12.5. The number of rotatable bonds is 8. The quantitative estimate of drug-likeness (QED) is 0.539. The van der Waals surface area contributed by atoms with Crippen LogP contribution in [0.1, 0.15) is 32.7 Å². The number of para-hydroxylation sites is 1. The molecule has 31 heavy (non-hydrogen) atoms. The van der Waals surface area contributed by atoms with Crippen LogP contribution in [0.4, 0.5) is 0 Å². The van der Waals surface area contributed by atoms with Gasteiger partial charge in [0.25, 0.3) is 5.91 Å². The highest BCUT2D eigenvalue weighted by molar-refractivity contribution is 6.32. The lowest BCUT2D eigenvalue weighted by Gasteiger charge is -2.10. The molecule has 0 fully saturated rings. The molecule has 3 aromatic rings. The molecule has 1 N–H and O–H groups in total. The summed E-state index contributed by atoms with van der Waals surface area (Å²) in [5.74, 6) is -0.451. The summed E-state index contributed by atoms with van der Waals surface area (Å²) in [4.78, 5) is 24.6. The summed E-state index contributed by atoms with van der Waals surface area (Å²) in [6.07, 6.45) is 0. The Labute approximate surface area is 185 Å². The van der Waals surface area contributed by atoms with Crippen molar-refractivity contribution in [2.24, 2.45) is 0 Å². The first-order chi connectivity index (χ1) is 14.9. The van der Waals surface area contributed by atoms with Gasteiger partial charge in [-0.15, -0.1) is 0 Å². The van der Waals surface area contributed by atoms with Gasteiger partial charge in [0.1, 0.15) is 16.5 Å². The van der Waals surface area contributed by atoms with Gasteiger partial charge in [0.2, 0.25) is 0 Å². The van der Waals surface area contributed by atoms with E-state index in [1.54, 1.807) is 24.8 Å². The Hall–Kier alpha value is -3.32. The molecule has 0 saturated carbocycles. The summed E-state index contributed by atoms with van der Waals surface area (Å²) in [6, 6.07) is 15.3. The molecule has 0 aliphatic heterocycles. The van der Waals surface area contributed by atoms with E-state index in [2.05, 4.69) is 10.4 Å². The second-order valence-electron chi connectivity index (χ2n) is 7.06. The van der Waals surface area contributed by atoms with Crippen molar-refractivity contribution in [1.29, 1.82) is 0 Å². The molecule has 3 rings (SSSR count). The number of amides is 1. The molecule has 0 aliphatic rings. The highest BCUT2D eigenvalue weighted by Gasteiger charge is 2.22. The molecule has 1 amide bonds. The van der Waals surface area contributed by atoms with Crippen molar-refractivity contribution in [1.82, 2.24) is 15.1 Å². The van der Waals surface area contributed by atoms with Gasteiger partial charge < -0.3 is 14.8 Å². The van der Waals surface area contributed by atoms with E-state index in [9.17, 15) is 9.59 Å². The topological polar surface area (TPSA) is 82.4 Å². The van der Waals surface area contributed by atoms with Crippen LogP contribution in [-0.2, 0) is 22.6 Å². The van der Waals surface area contributed by atoms with Gasteiger partial charge in [-0.3, -0.25) is 4.79 Å². The van der Waals surface area contributed by atoms with Crippen molar-refractivity contribution in [3.05, 3.63) is 81.6 Å². The number of aromatic nitrogens is 2. The zero-order valence-corrected chi connectivity index (χ0v) is 18.4. The predicted molar refractivity (Wildman–Crippen MR) is 117 cm³/mol. The summed E-state index contributed by atoms with van der Waals surface area (Å²) in [5.41, 5.74) is 3.58. The molecule has 1 aromatic heterocycles.